The lowest BCUT2D eigenvalue weighted by Crippen LogP contribution is -2.50. The van der Waals surface area contributed by atoms with Crippen molar-refractivity contribution in [3.8, 4) is 0 Å². The van der Waals surface area contributed by atoms with E-state index in [1.807, 2.05) is 54.6 Å². The zero-order valence-electron chi connectivity index (χ0n) is 17.8. The lowest BCUT2D eigenvalue weighted by Gasteiger charge is -2.34. The number of amides is 2. The Kier molecular flexibility index (Phi) is 7.20. The van der Waals surface area contributed by atoms with E-state index in [-0.39, 0.29) is 11.8 Å². The predicted octanol–water partition coefficient (Wildman–Crippen LogP) is 4.33. The zero-order valence-corrected chi connectivity index (χ0v) is 18.6. The first-order valence-corrected chi connectivity index (χ1v) is 11.2. The van der Waals surface area contributed by atoms with Crippen LogP contribution in [0.4, 0.5) is 5.69 Å². The Balaban J connectivity index is 1.31. The molecular formula is C26H26ClN3O2. The van der Waals surface area contributed by atoms with Crippen LogP contribution in [-0.4, -0.2) is 54.3 Å². The fourth-order valence-electron chi connectivity index (χ4n) is 3.92. The van der Waals surface area contributed by atoms with Gasteiger partial charge in [-0.1, -0.05) is 72.3 Å². The molecule has 4 rings (SSSR count). The second-order valence-corrected chi connectivity index (χ2v) is 8.32. The number of benzene rings is 3. The summed E-state index contributed by atoms with van der Waals surface area (Å²) in [5.74, 6) is -0.106. The molecule has 1 aliphatic heterocycles. The van der Waals surface area contributed by atoms with Crippen LogP contribution in [0.2, 0.25) is 5.02 Å². The number of hydrogen-bond acceptors (Lipinski definition) is 3. The van der Waals surface area contributed by atoms with Gasteiger partial charge in [-0.15, -0.1) is 0 Å². The predicted molar refractivity (Wildman–Crippen MR) is 128 cm³/mol. The number of rotatable bonds is 6. The van der Waals surface area contributed by atoms with Crippen molar-refractivity contribution >= 4 is 29.1 Å². The third-order valence-corrected chi connectivity index (χ3v) is 5.99. The van der Waals surface area contributed by atoms with Crippen molar-refractivity contribution in [3.63, 3.8) is 0 Å². The van der Waals surface area contributed by atoms with E-state index in [0.29, 0.717) is 43.3 Å². The van der Waals surface area contributed by atoms with Crippen LogP contribution in [0.15, 0.2) is 78.9 Å². The van der Waals surface area contributed by atoms with Gasteiger partial charge >= 0.3 is 0 Å². The summed E-state index contributed by atoms with van der Waals surface area (Å²) in [5.41, 5.74) is 3.65. The molecule has 5 nitrogen and oxygen atoms in total. The van der Waals surface area contributed by atoms with Gasteiger partial charge in [-0.3, -0.25) is 14.5 Å². The van der Waals surface area contributed by atoms with Crippen molar-refractivity contribution in [3.05, 3.63) is 101 Å². The van der Waals surface area contributed by atoms with Gasteiger partial charge in [0.05, 0.1) is 17.1 Å². The van der Waals surface area contributed by atoms with Crippen molar-refractivity contribution in [2.45, 2.75) is 6.42 Å². The van der Waals surface area contributed by atoms with E-state index in [9.17, 15) is 9.59 Å². The number of carbonyl (C=O) groups excluding carboxylic acids is 2. The summed E-state index contributed by atoms with van der Waals surface area (Å²) in [4.78, 5) is 29.3. The summed E-state index contributed by atoms with van der Waals surface area (Å²) < 4.78 is 0. The van der Waals surface area contributed by atoms with Gasteiger partial charge in [0.1, 0.15) is 0 Å². The molecular weight excluding hydrogens is 422 g/mol. The number of hydrogen-bond donors (Lipinski definition) is 1. The highest BCUT2D eigenvalue weighted by atomic mass is 35.5. The van der Waals surface area contributed by atoms with Crippen molar-refractivity contribution in [2.24, 2.45) is 0 Å². The smallest absolute Gasteiger partial charge is 0.255 e. The second-order valence-electron chi connectivity index (χ2n) is 7.92. The van der Waals surface area contributed by atoms with Crippen LogP contribution in [0.25, 0.3) is 0 Å². The first-order chi connectivity index (χ1) is 15.6. The van der Waals surface area contributed by atoms with Crippen molar-refractivity contribution < 1.29 is 9.59 Å². The van der Waals surface area contributed by atoms with E-state index in [2.05, 4.69) is 22.3 Å². The third kappa shape index (κ3) is 5.55. The molecule has 0 atom stereocenters. The van der Waals surface area contributed by atoms with E-state index in [1.165, 1.54) is 5.56 Å². The van der Waals surface area contributed by atoms with Gasteiger partial charge in [-0.05, 0) is 35.7 Å². The molecule has 0 saturated carbocycles. The summed E-state index contributed by atoms with van der Waals surface area (Å²) >= 11 is 6.17. The highest BCUT2D eigenvalue weighted by Crippen LogP contribution is 2.20. The molecule has 6 heteroatoms. The Morgan fingerprint density at radius 2 is 1.47 bits per heavy atom. The number of anilines is 1. The molecule has 1 fully saturated rings. The summed E-state index contributed by atoms with van der Waals surface area (Å²) in [7, 11) is 0. The van der Waals surface area contributed by atoms with E-state index in [4.69, 9.17) is 11.6 Å². The monoisotopic (exact) mass is 447 g/mol. The minimum atomic E-state index is -0.0606. The molecule has 1 heterocycles. The largest absolute Gasteiger partial charge is 0.336 e. The minimum absolute atomic E-state index is 0.0450. The van der Waals surface area contributed by atoms with Gasteiger partial charge in [-0.25, -0.2) is 0 Å². The SMILES string of the molecule is O=C(CN1CCN(C(=O)c2ccccc2Cl)CC1)Nc1ccccc1Cc1ccccc1. The fourth-order valence-corrected chi connectivity index (χ4v) is 4.14. The van der Waals surface area contributed by atoms with Crippen LogP contribution in [0.3, 0.4) is 0 Å². The number of carbonyl (C=O) groups is 2. The fraction of sp³-hybridized carbons (Fsp3) is 0.231. The van der Waals surface area contributed by atoms with Gasteiger partial charge in [0, 0.05) is 31.9 Å². The van der Waals surface area contributed by atoms with Crippen LogP contribution < -0.4 is 5.32 Å². The number of para-hydroxylation sites is 1. The molecule has 164 valence electrons. The highest BCUT2D eigenvalue weighted by molar-refractivity contribution is 6.33. The van der Waals surface area contributed by atoms with Gasteiger partial charge in [0.15, 0.2) is 0 Å². The molecule has 0 unspecified atom stereocenters. The van der Waals surface area contributed by atoms with E-state index >= 15 is 0 Å². The molecule has 3 aromatic rings. The lowest BCUT2D eigenvalue weighted by atomic mass is 10.0. The molecule has 2 amide bonds. The normalized spacial score (nSPS) is 14.2. The Bertz CT molecular complexity index is 1080. The molecule has 3 aromatic carbocycles. The number of nitrogens with one attached hydrogen (secondary N) is 1. The first kappa shape index (κ1) is 22.1. The average Bonchev–Trinajstić information content (AvgIpc) is 2.81. The molecule has 0 aromatic heterocycles. The first-order valence-electron chi connectivity index (χ1n) is 10.8. The highest BCUT2D eigenvalue weighted by Gasteiger charge is 2.24. The average molecular weight is 448 g/mol. The number of halogens is 1. The van der Waals surface area contributed by atoms with Crippen LogP contribution in [-0.2, 0) is 11.2 Å². The number of nitrogens with zero attached hydrogens (tertiary/aromatic N) is 2. The van der Waals surface area contributed by atoms with Gasteiger partial charge < -0.3 is 10.2 Å². The maximum atomic E-state index is 12.7. The van der Waals surface area contributed by atoms with E-state index < -0.39 is 0 Å². The maximum Gasteiger partial charge on any atom is 0.255 e. The molecule has 0 bridgehead atoms. The van der Waals surface area contributed by atoms with Crippen LogP contribution in [0.5, 0.6) is 0 Å². The Hall–Kier alpha value is -3.15. The van der Waals surface area contributed by atoms with Gasteiger partial charge in [0.2, 0.25) is 5.91 Å². The summed E-state index contributed by atoms with van der Waals surface area (Å²) in [5, 5.41) is 3.53. The molecule has 0 aliphatic carbocycles. The molecule has 1 saturated heterocycles. The standard InChI is InChI=1S/C26H26ClN3O2/c27-23-12-6-5-11-22(23)26(32)30-16-14-29(15-17-30)19-25(31)28-24-13-7-4-10-21(24)18-20-8-2-1-3-9-20/h1-13H,14-19H2,(H,28,31). The molecule has 1 N–H and O–H groups in total. The minimum Gasteiger partial charge on any atom is -0.336 e. The van der Waals surface area contributed by atoms with Crippen LogP contribution in [0, 0.1) is 0 Å². The molecule has 1 aliphatic rings. The number of piperazine rings is 1. The Morgan fingerprint density at radius 1 is 0.812 bits per heavy atom. The van der Waals surface area contributed by atoms with Gasteiger partial charge in [0.25, 0.3) is 5.91 Å². The zero-order chi connectivity index (χ0) is 22.3. The molecule has 0 spiro atoms. The summed E-state index contributed by atoms with van der Waals surface area (Å²) in [6, 6.07) is 25.2. The Morgan fingerprint density at radius 3 is 2.22 bits per heavy atom. The van der Waals surface area contributed by atoms with Crippen molar-refractivity contribution in [1.29, 1.82) is 0 Å². The maximum absolute atomic E-state index is 12.7. The van der Waals surface area contributed by atoms with Crippen molar-refractivity contribution in [2.75, 3.05) is 38.0 Å². The van der Waals surface area contributed by atoms with E-state index in [0.717, 1.165) is 17.7 Å². The van der Waals surface area contributed by atoms with Crippen LogP contribution in [0.1, 0.15) is 21.5 Å². The molecule has 32 heavy (non-hydrogen) atoms. The topological polar surface area (TPSA) is 52.7 Å². The summed E-state index contributed by atoms with van der Waals surface area (Å²) in [6.07, 6.45) is 0.764. The van der Waals surface area contributed by atoms with Gasteiger partial charge in [-0.2, -0.15) is 0 Å². The quantitative estimate of drug-likeness (QED) is 0.612. The van der Waals surface area contributed by atoms with E-state index in [1.54, 1.807) is 17.0 Å². The lowest BCUT2D eigenvalue weighted by molar-refractivity contribution is -0.117. The van der Waals surface area contributed by atoms with Crippen molar-refractivity contribution in [1.82, 2.24) is 9.80 Å². The molecule has 0 radical (unpaired) electrons. The summed E-state index contributed by atoms with van der Waals surface area (Å²) in [6.45, 7) is 2.74. The third-order valence-electron chi connectivity index (χ3n) is 5.66. The second kappa shape index (κ2) is 10.4. The van der Waals surface area contributed by atoms with Crippen LogP contribution >= 0.6 is 11.6 Å². The Labute approximate surface area is 193 Å².